The lowest BCUT2D eigenvalue weighted by Gasteiger charge is -2.19. The van der Waals surface area contributed by atoms with Crippen molar-refractivity contribution in [3.63, 3.8) is 0 Å². The van der Waals surface area contributed by atoms with Crippen molar-refractivity contribution in [2.24, 2.45) is 0 Å². The van der Waals surface area contributed by atoms with Crippen molar-refractivity contribution in [3.05, 3.63) is 0 Å². The summed E-state index contributed by atoms with van der Waals surface area (Å²) in [6, 6.07) is 1.68. The van der Waals surface area contributed by atoms with Gasteiger partial charge in [0.2, 0.25) is 10.0 Å². The number of nitriles is 1. The molecule has 0 saturated carbocycles. The lowest BCUT2D eigenvalue weighted by molar-refractivity contribution is 0.202. The zero-order valence-electron chi connectivity index (χ0n) is 9.17. The number of β-amino-alcohol motifs (C(OH)–C–C–N with tert-alkyl or cyclic N) is 1. The third-order valence-electron chi connectivity index (χ3n) is 2.60. The van der Waals surface area contributed by atoms with Gasteiger partial charge in [0.1, 0.15) is 0 Å². The highest BCUT2D eigenvalue weighted by molar-refractivity contribution is 7.89. The molecule has 6 nitrogen and oxygen atoms in total. The van der Waals surface area contributed by atoms with Crippen LogP contribution in [0.1, 0.15) is 6.42 Å². The van der Waals surface area contributed by atoms with Crippen LogP contribution < -0.4 is 0 Å². The molecule has 0 aromatic rings. The Kier molecular flexibility index (Phi) is 5.15. The Morgan fingerprint density at radius 3 is 2.62 bits per heavy atom. The average Bonchev–Trinajstić information content (AvgIpc) is 2.44. The minimum Gasteiger partial charge on any atom is -0.395 e. The quantitative estimate of drug-likeness (QED) is 0.677. The van der Waals surface area contributed by atoms with Crippen molar-refractivity contribution in [2.45, 2.75) is 6.42 Å². The van der Waals surface area contributed by atoms with Crippen LogP contribution in [0.4, 0.5) is 0 Å². The molecule has 0 aliphatic carbocycles. The van der Waals surface area contributed by atoms with E-state index in [1.165, 1.54) is 4.31 Å². The standard InChI is InChI=1S/C9H17N3O3S/c10-2-9-16(14,15)12-4-1-3-11(5-6-12)7-8-13/h13H,1,3-9H2. The largest absolute Gasteiger partial charge is 0.395 e. The fourth-order valence-electron chi connectivity index (χ4n) is 1.76. The fourth-order valence-corrected chi connectivity index (χ4v) is 2.88. The monoisotopic (exact) mass is 247 g/mol. The minimum atomic E-state index is -3.41. The molecule has 1 rings (SSSR count). The van der Waals surface area contributed by atoms with Gasteiger partial charge in [-0.15, -0.1) is 0 Å². The second kappa shape index (κ2) is 6.15. The van der Waals surface area contributed by atoms with Crippen LogP contribution in [0.5, 0.6) is 0 Å². The highest BCUT2D eigenvalue weighted by Gasteiger charge is 2.24. The van der Waals surface area contributed by atoms with Gasteiger partial charge in [0.15, 0.2) is 5.75 Å². The van der Waals surface area contributed by atoms with Gasteiger partial charge in [-0.25, -0.2) is 8.42 Å². The van der Waals surface area contributed by atoms with Crippen LogP contribution in [0, 0.1) is 11.3 Å². The number of nitrogens with zero attached hydrogens (tertiary/aromatic N) is 3. The first-order chi connectivity index (χ1) is 7.60. The third kappa shape index (κ3) is 3.72. The van der Waals surface area contributed by atoms with E-state index < -0.39 is 15.8 Å². The van der Waals surface area contributed by atoms with Crippen molar-refractivity contribution < 1.29 is 13.5 Å². The van der Waals surface area contributed by atoms with Gasteiger partial charge in [0.05, 0.1) is 12.7 Å². The second-order valence-corrected chi connectivity index (χ2v) is 5.70. The molecule has 0 aromatic carbocycles. The van der Waals surface area contributed by atoms with Crippen molar-refractivity contribution in [3.8, 4) is 6.07 Å². The van der Waals surface area contributed by atoms with Crippen molar-refractivity contribution >= 4 is 10.0 Å². The Morgan fingerprint density at radius 2 is 2.00 bits per heavy atom. The normalized spacial score (nSPS) is 20.2. The van der Waals surface area contributed by atoms with E-state index in [0.717, 1.165) is 13.0 Å². The van der Waals surface area contributed by atoms with E-state index in [1.807, 2.05) is 4.90 Å². The van der Waals surface area contributed by atoms with Gasteiger partial charge >= 0.3 is 0 Å². The van der Waals surface area contributed by atoms with Crippen LogP contribution in [-0.4, -0.2) is 67.8 Å². The molecule has 0 radical (unpaired) electrons. The summed E-state index contributed by atoms with van der Waals surface area (Å²) in [5, 5.41) is 17.2. The smallest absolute Gasteiger partial charge is 0.227 e. The Bertz CT molecular complexity index is 350. The number of hydrogen-bond donors (Lipinski definition) is 1. The van der Waals surface area contributed by atoms with E-state index >= 15 is 0 Å². The molecule has 0 bridgehead atoms. The topological polar surface area (TPSA) is 84.6 Å². The summed E-state index contributed by atoms with van der Waals surface area (Å²) in [5.41, 5.74) is 0. The van der Waals surface area contributed by atoms with Gasteiger partial charge in [-0.3, -0.25) is 4.90 Å². The van der Waals surface area contributed by atoms with E-state index in [1.54, 1.807) is 6.07 Å². The first-order valence-corrected chi connectivity index (χ1v) is 6.89. The van der Waals surface area contributed by atoms with Crippen LogP contribution >= 0.6 is 0 Å². The van der Waals surface area contributed by atoms with Gasteiger partial charge in [0, 0.05) is 26.2 Å². The Labute approximate surface area is 96.1 Å². The summed E-state index contributed by atoms with van der Waals surface area (Å²) in [6.45, 7) is 2.94. The van der Waals surface area contributed by atoms with Crippen LogP contribution in [0.25, 0.3) is 0 Å². The molecule has 0 unspecified atom stereocenters. The van der Waals surface area contributed by atoms with Gasteiger partial charge < -0.3 is 5.11 Å². The summed E-state index contributed by atoms with van der Waals surface area (Å²) < 4.78 is 24.6. The zero-order valence-corrected chi connectivity index (χ0v) is 9.99. The molecule has 0 aromatic heterocycles. The maximum Gasteiger partial charge on any atom is 0.227 e. The van der Waals surface area contributed by atoms with Gasteiger partial charge in [0.25, 0.3) is 0 Å². The van der Waals surface area contributed by atoms with E-state index in [4.69, 9.17) is 10.4 Å². The molecule has 1 saturated heterocycles. The maximum absolute atomic E-state index is 11.6. The number of aliphatic hydroxyl groups is 1. The highest BCUT2D eigenvalue weighted by Crippen LogP contribution is 2.08. The van der Waals surface area contributed by atoms with E-state index in [-0.39, 0.29) is 6.61 Å². The van der Waals surface area contributed by atoms with Crippen LogP contribution in [0.2, 0.25) is 0 Å². The highest BCUT2D eigenvalue weighted by atomic mass is 32.2. The lowest BCUT2D eigenvalue weighted by atomic mass is 10.4. The Morgan fingerprint density at radius 1 is 1.25 bits per heavy atom. The third-order valence-corrected chi connectivity index (χ3v) is 4.25. The fraction of sp³-hybridized carbons (Fsp3) is 0.889. The molecule has 1 aliphatic rings. The van der Waals surface area contributed by atoms with Crippen molar-refractivity contribution in [2.75, 3.05) is 45.1 Å². The molecular weight excluding hydrogens is 230 g/mol. The molecule has 1 N–H and O–H groups in total. The van der Waals surface area contributed by atoms with Crippen LogP contribution in [0.15, 0.2) is 0 Å². The van der Waals surface area contributed by atoms with Crippen molar-refractivity contribution in [1.29, 1.82) is 5.26 Å². The molecule has 1 heterocycles. The number of aliphatic hydroxyl groups excluding tert-OH is 1. The van der Waals surface area contributed by atoms with E-state index in [2.05, 4.69) is 0 Å². The summed E-state index contributed by atoms with van der Waals surface area (Å²) in [7, 11) is -3.41. The van der Waals surface area contributed by atoms with E-state index in [9.17, 15) is 8.42 Å². The molecule has 0 amide bonds. The minimum absolute atomic E-state index is 0.0882. The SMILES string of the molecule is N#CCS(=O)(=O)N1CCCN(CCO)CC1. The van der Waals surface area contributed by atoms with Gasteiger partial charge in [-0.05, 0) is 13.0 Å². The van der Waals surface area contributed by atoms with Gasteiger partial charge in [-0.2, -0.15) is 9.57 Å². The lowest BCUT2D eigenvalue weighted by Crippen LogP contribution is -2.36. The molecule has 7 heteroatoms. The van der Waals surface area contributed by atoms with Gasteiger partial charge in [-0.1, -0.05) is 0 Å². The maximum atomic E-state index is 11.6. The number of hydrogen-bond acceptors (Lipinski definition) is 5. The zero-order chi connectivity index (χ0) is 12.0. The molecule has 92 valence electrons. The Hall–Kier alpha value is -0.680. The van der Waals surface area contributed by atoms with Crippen LogP contribution in [0.3, 0.4) is 0 Å². The average molecular weight is 247 g/mol. The van der Waals surface area contributed by atoms with Crippen LogP contribution in [-0.2, 0) is 10.0 Å². The summed E-state index contributed by atoms with van der Waals surface area (Å²) in [4.78, 5) is 2.03. The van der Waals surface area contributed by atoms with E-state index in [0.29, 0.717) is 26.2 Å². The number of rotatable bonds is 4. The second-order valence-electron chi connectivity index (χ2n) is 3.73. The Balaban J connectivity index is 2.57. The molecule has 0 atom stereocenters. The molecule has 1 aliphatic heterocycles. The molecular formula is C9H17N3O3S. The first-order valence-electron chi connectivity index (χ1n) is 5.28. The summed E-state index contributed by atoms with van der Waals surface area (Å²) in [5.74, 6) is -0.451. The number of sulfonamides is 1. The summed E-state index contributed by atoms with van der Waals surface area (Å²) >= 11 is 0. The predicted molar refractivity (Wildman–Crippen MR) is 59.1 cm³/mol. The first kappa shape index (κ1) is 13.4. The van der Waals surface area contributed by atoms with Crippen molar-refractivity contribution in [1.82, 2.24) is 9.21 Å². The predicted octanol–water partition coefficient (Wildman–Crippen LogP) is -1.16. The molecule has 0 spiro atoms. The molecule has 16 heavy (non-hydrogen) atoms. The molecule has 1 fully saturated rings. The summed E-state index contributed by atoms with van der Waals surface area (Å²) in [6.07, 6.45) is 0.741.